The van der Waals surface area contributed by atoms with Gasteiger partial charge in [-0.05, 0) is 68.8 Å². The number of hydrogen-bond donors (Lipinski definition) is 2. The molecule has 0 aromatic heterocycles. The quantitative estimate of drug-likeness (QED) is 0.748. The number of nitrogens with two attached hydrogens (primary N) is 1. The van der Waals surface area contributed by atoms with E-state index in [0.29, 0.717) is 0 Å². The second kappa shape index (κ2) is 4.88. The SMILES string of the molecule is Cc1cc(CC2CCCNC2)cc(C)c1N. The van der Waals surface area contributed by atoms with Crippen LogP contribution in [0.2, 0.25) is 0 Å². The lowest BCUT2D eigenvalue weighted by molar-refractivity contribution is 0.376. The van der Waals surface area contributed by atoms with Crippen molar-refractivity contribution in [1.29, 1.82) is 0 Å². The first-order valence-corrected chi connectivity index (χ1v) is 6.23. The van der Waals surface area contributed by atoms with E-state index in [0.717, 1.165) is 11.6 Å². The van der Waals surface area contributed by atoms with E-state index in [-0.39, 0.29) is 0 Å². The van der Waals surface area contributed by atoms with E-state index >= 15 is 0 Å². The molecule has 1 atom stereocenters. The van der Waals surface area contributed by atoms with E-state index in [9.17, 15) is 0 Å². The molecule has 1 saturated heterocycles. The molecule has 2 heteroatoms. The molecule has 1 aromatic carbocycles. The molecular formula is C14H22N2. The van der Waals surface area contributed by atoms with Crippen molar-refractivity contribution in [3.8, 4) is 0 Å². The molecule has 3 N–H and O–H groups in total. The van der Waals surface area contributed by atoms with E-state index in [2.05, 4.69) is 31.3 Å². The summed E-state index contributed by atoms with van der Waals surface area (Å²) in [6, 6.07) is 4.49. The smallest absolute Gasteiger partial charge is 0.0373 e. The van der Waals surface area contributed by atoms with Gasteiger partial charge in [-0.25, -0.2) is 0 Å². The van der Waals surface area contributed by atoms with Gasteiger partial charge >= 0.3 is 0 Å². The molecule has 0 radical (unpaired) electrons. The van der Waals surface area contributed by atoms with Crippen LogP contribution in [0.15, 0.2) is 12.1 Å². The lowest BCUT2D eigenvalue weighted by Crippen LogP contribution is -2.30. The molecule has 0 spiro atoms. The Labute approximate surface area is 98.2 Å². The highest BCUT2D eigenvalue weighted by Crippen LogP contribution is 2.22. The highest BCUT2D eigenvalue weighted by Gasteiger charge is 2.14. The Morgan fingerprint density at radius 3 is 2.56 bits per heavy atom. The van der Waals surface area contributed by atoms with E-state index in [1.807, 2.05) is 0 Å². The van der Waals surface area contributed by atoms with E-state index in [4.69, 9.17) is 5.73 Å². The number of rotatable bonds is 2. The van der Waals surface area contributed by atoms with Crippen LogP contribution in [0.3, 0.4) is 0 Å². The lowest BCUT2D eigenvalue weighted by Gasteiger charge is -2.23. The zero-order valence-electron chi connectivity index (χ0n) is 10.3. The summed E-state index contributed by atoms with van der Waals surface area (Å²) in [5.74, 6) is 0.802. The molecule has 1 aliphatic rings. The molecule has 0 amide bonds. The van der Waals surface area contributed by atoms with Crippen LogP contribution in [0.1, 0.15) is 29.5 Å². The van der Waals surface area contributed by atoms with Crippen molar-refractivity contribution in [3.63, 3.8) is 0 Å². The van der Waals surface area contributed by atoms with Gasteiger partial charge in [0.05, 0.1) is 0 Å². The van der Waals surface area contributed by atoms with Gasteiger partial charge in [0.15, 0.2) is 0 Å². The van der Waals surface area contributed by atoms with Gasteiger partial charge in [0, 0.05) is 5.69 Å². The monoisotopic (exact) mass is 218 g/mol. The number of aryl methyl sites for hydroxylation is 2. The summed E-state index contributed by atoms with van der Waals surface area (Å²) in [4.78, 5) is 0. The highest BCUT2D eigenvalue weighted by atomic mass is 14.9. The first-order chi connectivity index (χ1) is 7.66. The van der Waals surface area contributed by atoms with Gasteiger partial charge in [0.25, 0.3) is 0 Å². The summed E-state index contributed by atoms with van der Waals surface area (Å²) in [6.07, 6.45) is 3.86. The van der Waals surface area contributed by atoms with E-state index in [1.54, 1.807) is 0 Å². The molecule has 2 nitrogen and oxygen atoms in total. The van der Waals surface area contributed by atoms with Gasteiger partial charge in [-0.3, -0.25) is 0 Å². The normalized spacial score (nSPS) is 21.0. The van der Waals surface area contributed by atoms with Gasteiger partial charge in [-0.2, -0.15) is 0 Å². The standard InChI is InChI=1S/C14H22N2/c1-10-6-13(7-11(2)14(10)15)8-12-4-3-5-16-9-12/h6-7,12,16H,3-5,8-9,15H2,1-2H3. The predicted octanol–water partition coefficient (Wildman–Crippen LogP) is 2.43. The molecule has 1 heterocycles. The number of anilines is 1. The maximum absolute atomic E-state index is 5.97. The Balaban J connectivity index is 2.09. The fourth-order valence-corrected chi connectivity index (χ4v) is 2.61. The molecule has 1 fully saturated rings. The third-order valence-electron chi connectivity index (χ3n) is 3.58. The molecule has 16 heavy (non-hydrogen) atoms. The average Bonchev–Trinajstić information content (AvgIpc) is 2.27. The van der Waals surface area contributed by atoms with Crippen molar-refractivity contribution in [2.45, 2.75) is 33.1 Å². The Bertz CT molecular complexity index is 342. The largest absolute Gasteiger partial charge is 0.398 e. The van der Waals surface area contributed by atoms with Crippen LogP contribution in [0.5, 0.6) is 0 Å². The number of nitrogens with one attached hydrogen (secondary N) is 1. The van der Waals surface area contributed by atoms with Gasteiger partial charge in [-0.1, -0.05) is 12.1 Å². The van der Waals surface area contributed by atoms with Gasteiger partial charge in [-0.15, -0.1) is 0 Å². The number of hydrogen-bond acceptors (Lipinski definition) is 2. The zero-order chi connectivity index (χ0) is 11.5. The minimum atomic E-state index is 0.802. The maximum Gasteiger partial charge on any atom is 0.0373 e. The summed E-state index contributed by atoms with van der Waals surface area (Å²) in [7, 11) is 0. The lowest BCUT2D eigenvalue weighted by atomic mass is 9.91. The van der Waals surface area contributed by atoms with Crippen LogP contribution < -0.4 is 11.1 Å². The molecule has 0 bridgehead atoms. The van der Waals surface area contributed by atoms with Crippen molar-refractivity contribution in [1.82, 2.24) is 5.32 Å². The van der Waals surface area contributed by atoms with Crippen molar-refractivity contribution < 1.29 is 0 Å². The molecular weight excluding hydrogens is 196 g/mol. The molecule has 1 unspecified atom stereocenters. The second-order valence-corrected chi connectivity index (χ2v) is 5.06. The van der Waals surface area contributed by atoms with Crippen LogP contribution in [0, 0.1) is 19.8 Å². The first kappa shape index (κ1) is 11.5. The highest BCUT2D eigenvalue weighted by molar-refractivity contribution is 5.54. The van der Waals surface area contributed by atoms with Crippen molar-refractivity contribution >= 4 is 5.69 Å². The first-order valence-electron chi connectivity index (χ1n) is 6.23. The molecule has 1 aromatic rings. The fraction of sp³-hybridized carbons (Fsp3) is 0.571. The van der Waals surface area contributed by atoms with Crippen LogP contribution >= 0.6 is 0 Å². The van der Waals surface area contributed by atoms with E-state index in [1.165, 1.54) is 49.0 Å². The van der Waals surface area contributed by atoms with Gasteiger partial charge in [0.2, 0.25) is 0 Å². The summed E-state index contributed by atoms with van der Waals surface area (Å²) >= 11 is 0. The van der Waals surface area contributed by atoms with Crippen LogP contribution in [0.25, 0.3) is 0 Å². The molecule has 0 aliphatic carbocycles. The van der Waals surface area contributed by atoms with Crippen molar-refractivity contribution in [2.75, 3.05) is 18.8 Å². The summed E-state index contributed by atoms with van der Waals surface area (Å²) in [5.41, 5.74) is 10.8. The third-order valence-corrected chi connectivity index (χ3v) is 3.58. The average molecular weight is 218 g/mol. The van der Waals surface area contributed by atoms with Crippen molar-refractivity contribution in [3.05, 3.63) is 28.8 Å². The topological polar surface area (TPSA) is 38.0 Å². The van der Waals surface area contributed by atoms with Crippen molar-refractivity contribution in [2.24, 2.45) is 5.92 Å². The van der Waals surface area contributed by atoms with Gasteiger partial charge < -0.3 is 11.1 Å². The minimum absolute atomic E-state index is 0.802. The molecule has 1 aliphatic heterocycles. The summed E-state index contributed by atoms with van der Waals surface area (Å²) in [6.45, 7) is 6.56. The third kappa shape index (κ3) is 2.56. The Morgan fingerprint density at radius 2 is 2.00 bits per heavy atom. The number of benzene rings is 1. The Morgan fingerprint density at radius 1 is 1.31 bits per heavy atom. The molecule has 88 valence electrons. The second-order valence-electron chi connectivity index (χ2n) is 5.06. The Hall–Kier alpha value is -1.02. The number of piperidine rings is 1. The van der Waals surface area contributed by atoms with Crippen LogP contribution in [-0.4, -0.2) is 13.1 Å². The van der Waals surface area contributed by atoms with Crippen LogP contribution in [-0.2, 0) is 6.42 Å². The number of nitrogen functional groups attached to an aromatic ring is 1. The van der Waals surface area contributed by atoms with E-state index < -0.39 is 0 Å². The summed E-state index contributed by atoms with van der Waals surface area (Å²) < 4.78 is 0. The fourth-order valence-electron chi connectivity index (χ4n) is 2.61. The zero-order valence-corrected chi connectivity index (χ0v) is 10.3. The molecule has 2 rings (SSSR count). The minimum Gasteiger partial charge on any atom is -0.398 e. The van der Waals surface area contributed by atoms with Gasteiger partial charge in [0.1, 0.15) is 0 Å². The molecule has 0 saturated carbocycles. The summed E-state index contributed by atoms with van der Waals surface area (Å²) in [5, 5.41) is 3.47. The maximum atomic E-state index is 5.97. The predicted molar refractivity (Wildman–Crippen MR) is 69.6 cm³/mol. The Kier molecular flexibility index (Phi) is 3.49. The van der Waals surface area contributed by atoms with Crippen LogP contribution in [0.4, 0.5) is 5.69 Å².